The molecule has 0 aliphatic carbocycles. The molecule has 51 heavy (non-hydrogen) atoms. The van der Waals surface area contributed by atoms with Crippen LogP contribution in [-0.2, 0) is 21.0 Å². The number of aliphatic hydroxyl groups excluding tert-OH is 1. The Labute approximate surface area is 295 Å². The number of nitro groups is 1. The number of nitrogens with zero attached hydrogens (tertiary/aromatic N) is 4. The number of aromatic nitrogens is 2. The van der Waals surface area contributed by atoms with Crippen molar-refractivity contribution in [3.8, 4) is 0 Å². The molecule has 1 aliphatic heterocycles. The summed E-state index contributed by atoms with van der Waals surface area (Å²) < 4.78 is 60.1. The number of hydrogen-bond acceptors (Lipinski definition) is 8. The predicted molar refractivity (Wildman–Crippen MR) is 186 cm³/mol. The van der Waals surface area contributed by atoms with E-state index in [1.165, 1.54) is 53.9 Å². The summed E-state index contributed by atoms with van der Waals surface area (Å²) in [6.45, 7) is 1.82. The van der Waals surface area contributed by atoms with Crippen molar-refractivity contribution in [2.75, 3.05) is 19.6 Å². The van der Waals surface area contributed by atoms with E-state index in [9.17, 15) is 28.4 Å². The summed E-state index contributed by atoms with van der Waals surface area (Å²) in [5.41, 5.74) is -0.622. The molecular weight excluding hydrogens is 706 g/mol. The van der Waals surface area contributed by atoms with Crippen molar-refractivity contribution in [2.45, 2.75) is 39.3 Å². The average molecular weight is 739 g/mol. The van der Waals surface area contributed by atoms with E-state index in [0.717, 1.165) is 25.9 Å². The summed E-state index contributed by atoms with van der Waals surface area (Å²) in [7, 11) is -6.30. The number of imidazole rings is 1. The van der Waals surface area contributed by atoms with E-state index < -0.39 is 26.8 Å². The molecule has 1 aliphatic rings. The van der Waals surface area contributed by atoms with Crippen LogP contribution >= 0.6 is 0 Å². The second-order valence-electron chi connectivity index (χ2n) is 11.4. The van der Waals surface area contributed by atoms with Gasteiger partial charge in [-0.15, -0.1) is 0 Å². The van der Waals surface area contributed by atoms with E-state index in [1.807, 2.05) is 6.07 Å². The number of benzene rings is 4. The van der Waals surface area contributed by atoms with Gasteiger partial charge in [0.05, 0.1) is 17.4 Å². The molecule has 4 aromatic carbocycles. The molecule has 1 unspecified atom stereocenters. The summed E-state index contributed by atoms with van der Waals surface area (Å²) >= 11 is 0. The molecule has 1 atom stereocenters. The van der Waals surface area contributed by atoms with Crippen molar-refractivity contribution in [3.63, 3.8) is 0 Å². The van der Waals surface area contributed by atoms with Crippen LogP contribution in [0, 0.1) is 10.1 Å². The van der Waals surface area contributed by atoms with Crippen LogP contribution in [0.2, 0.25) is 0 Å². The van der Waals surface area contributed by atoms with Gasteiger partial charge in [-0.05, 0) is 83.0 Å². The summed E-state index contributed by atoms with van der Waals surface area (Å²) in [5.74, 6) is -0.345. The SMILES string of the molecule is O=S(=O)([O-])C(F)(F)F.O=[N+]([O-])c1nccn1C(O)CN1CCC(=C(c2ccccc2)c2ccc([S+](c3ccccc3)c3ccccc3)cc2)CC1. The molecule has 1 N–H and O–H groups in total. The van der Waals surface area contributed by atoms with Crippen LogP contribution in [0.5, 0.6) is 0 Å². The number of rotatable bonds is 9. The highest BCUT2D eigenvalue weighted by molar-refractivity contribution is 7.97. The van der Waals surface area contributed by atoms with E-state index >= 15 is 0 Å². The fourth-order valence-electron chi connectivity index (χ4n) is 5.71. The van der Waals surface area contributed by atoms with Gasteiger partial charge >= 0.3 is 11.5 Å². The standard InChI is InChI=1S/C35H33N4O3S.CHF3O3S/c40-33(38-25-22-36-35(38)39(41)42)26-37-23-20-29(21-24-37)34(27-10-4-1-5-11-27)28-16-18-32(19-17-28)43(30-12-6-2-7-13-30)31-14-8-3-9-15-31;2-1(3,4)8(5,6)7/h1-19,22,25,33,40H,20-21,23-24,26H2;(H,5,6,7)/q+1;/p-1. The van der Waals surface area contributed by atoms with Crippen LogP contribution in [0.1, 0.15) is 30.2 Å². The number of hydrogen-bond donors (Lipinski definition) is 1. The van der Waals surface area contributed by atoms with Gasteiger partial charge in [0.15, 0.2) is 31.0 Å². The summed E-state index contributed by atoms with van der Waals surface area (Å²) in [6.07, 6.45) is 3.47. The summed E-state index contributed by atoms with van der Waals surface area (Å²) in [5, 5.41) is 22.0. The van der Waals surface area contributed by atoms with Crippen LogP contribution < -0.4 is 0 Å². The van der Waals surface area contributed by atoms with Gasteiger partial charge in [-0.25, -0.2) is 13.0 Å². The normalized spacial score (nSPS) is 14.4. The minimum absolute atomic E-state index is 0.209. The zero-order chi connectivity index (χ0) is 36.6. The highest BCUT2D eigenvalue weighted by atomic mass is 32.2. The van der Waals surface area contributed by atoms with Crippen molar-refractivity contribution in [1.29, 1.82) is 0 Å². The minimum atomic E-state index is -6.09. The molecule has 0 amide bonds. The fourth-order valence-corrected chi connectivity index (χ4v) is 7.80. The topological polar surface area (TPSA) is 142 Å². The number of β-amino-alcohol motifs (C(OH)–C–C–N with tert-alkyl or cyclic N) is 1. The Morgan fingerprint density at radius 3 is 1.75 bits per heavy atom. The first-order valence-electron chi connectivity index (χ1n) is 15.7. The molecular formula is C36H33F3N4O6S2. The number of piperidine rings is 1. The predicted octanol–water partition coefficient (Wildman–Crippen LogP) is 7.03. The smallest absolute Gasteiger partial charge is 0.485 e. The van der Waals surface area contributed by atoms with Gasteiger partial charge in [-0.2, -0.15) is 13.2 Å². The first-order valence-corrected chi connectivity index (χ1v) is 18.3. The first-order chi connectivity index (χ1) is 24.3. The third-order valence-electron chi connectivity index (χ3n) is 8.05. The van der Waals surface area contributed by atoms with Gasteiger partial charge in [-0.3, -0.25) is 4.90 Å². The maximum absolute atomic E-state index is 11.3. The second kappa shape index (κ2) is 16.5. The number of halogens is 3. The number of likely N-dealkylation sites (tertiary alicyclic amines) is 1. The van der Waals surface area contributed by atoms with Gasteiger partial charge in [0.25, 0.3) is 0 Å². The van der Waals surface area contributed by atoms with Crippen LogP contribution in [0.25, 0.3) is 5.57 Å². The molecule has 1 fully saturated rings. The Kier molecular flexibility index (Phi) is 12.1. The number of aliphatic hydroxyl groups is 1. The van der Waals surface area contributed by atoms with Crippen molar-refractivity contribution in [3.05, 3.63) is 154 Å². The third kappa shape index (κ3) is 9.51. The molecule has 10 nitrogen and oxygen atoms in total. The lowest BCUT2D eigenvalue weighted by Gasteiger charge is -2.31. The zero-order valence-corrected chi connectivity index (χ0v) is 28.6. The van der Waals surface area contributed by atoms with E-state index in [1.54, 1.807) is 0 Å². The van der Waals surface area contributed by atoms with Crippen LogP contribution in [-0.4, -0.2) is 62.6 Å². The largest absolute Gasteiger partial charge is 0.741 e. The van der Waals surface area contributed by atoms with E-state index in [4.69, 9.17) is 13.0 Å². The molecule has 5 aromatic rings. The van der Waals surface area contributed by atoms with Gasteiger partial charge in [0.2, 0.25) is 0 Å². The van der Waals surface area contributed by atoms with Crippen molar-refractivity contribution >= 4 is 32.5 Å². The quantitative estimate of drug-likeness (QED) is 0.0559. The molecule has 0 bridgehead atoms. The molecule has 0 saturated carbocycles. The maximum Gasteiger partial charge on any atom is 0.485 e. The third-order valence-corrected chi connectivity index (χ3v) is 10.8. The molecule has 0 spiro atoms. The molecule has 1 aromatic heterocycles. The molecule has 2 heterocycles. The molecule has 266 valence electrons. The lowest BCUT2D eigenvalue weighted by Crippen LogP contribution is -2.36. The molecule has 0 radical (unpaired) electrons. The molecule has 6 rings (SSSR count). The van der Waals surface area contributed by atoms with Gasteiger partial charge in [-0.1, -0.05) is 77.3 Å². The van der Waals surface area contributed by atoms with Crippen LogP contribution in [0.3, 0.4) is 0 Å². The Balaban J connectivity index is 0.000000565. The fraction of sp³-hybridized carbons (Fsp3) is 0.194. The van der Waals surface area contributed by atoms with E-state index in [0.29, 0.717) is 6.54 Å². The highest BCUT2D eigenvalue weighted by Crippen LogP contribution is 2.36. The Bertz CT molecular complexity index is 2000. The highest BCUT2D eigenvalue weighted by Gasteiger charge is 2.37. The van der Waals surface area contributed by atoms with E-state index in [2.05, 4.69) is 119 Å². The summed E-state index contributed by atoms with van der Waals surface area (Å²) in [4.78, 5) is 20.5. The van der Waals surface area contributed by atoms with E-state index in [-0.39, 0.29) is 16.8 Å². The molecule has 1 saturated heterocycles. The van der Waals surface area contributed by atoms with Crippen molar-refractivity contribution in [1.82, 2.24) is 14.5 Å². The molecule has 15 heteroatoms. The second-order valence-corrected chi connectivity index (χ2v) is 14.8. The van der Waals surface area contributed by atoms with Gasteiger partial charge < -0.3 is 19.8 Å². The Morgan fingerprint density at radius 2 is 1.27 bits per heavy atom. The van der Waals surface area contributed by atoms with Gasteiger partial charge in [0, 0.05) is 13.1 Å². The number of alkyl halides is 3. The minimum Gasteiger partial charge on any atom is -0.741 e. The zero-order valence-electron chi connectivity index (χ0n) is 27.0. The van der Waals surface area contributed by atoms with Gasteiger partial charge in [0.1, 0.15) is 12.4 Å². The lowest BCUT2D eigenvalue weighted by molar-refractivity contribution is -0.398. The van der Waals surface area contributed by atoms with Crippen LogP contribution in [0.15, 0.2) is 148 Å². The van der Waals surface area contributed by atoms with Crippen molar-refractivity contribution < 1.29 is 36.2 Å². The monoisotopic (exact) mass is 738 g/mol. The van der Waals surface area contributed by atoms with Crippen molar-refractivity contribution in [2.24, 2.45) is 0 Å². The Hall–Kier alpha value is -4.80. The lowest BCUT2D eigenvalue weighted by atomic mass is 9.88. The first kappa shape index (κ1) is 37.5. The maximum atomic E-state index is 11.3. The summed E-state index contributed by atoms with van der Waals surface area (Å²) in [6, 6.07) is 40.9. The average Bonchev–Trinajstić information content (AvgIpc) is 3.62. The van der Waals surface area contributed by atoms with Crippen LogP contribution in [0.4, 0.5) is 19.1 Å². The Morgan fingerprint density at radius 1 is 0.824 bits per heavy atom.